The number of nitrogens with one attached hydrogen (secondary N) is 1. The molecule has 10 heteroatoms. The highest BCUT2D eigenvalue weighted by molar-refractivity contribution is 5.93. The van der Waals surface area contributed by atoms with Gasteiger partial charge in [0.25, 0.3) is 0 Å². The Kier molecular flexibility index (Phi) is 4.64. The molecule has 0 aliphatic heterocycles. The van der Waals surface area contributed by atoms with E-state index in [0.717, 1.165) is 11.8 Å². The van der Waals surface area contributed by atoms with Crippen LogP contribution >= 0.6 is 0 Å². The number of carbonyl (C=O) groups is 2. The lowest BCUT2D eigenvalue weighted by atomic mass is 10.2. The number of amides is 1. The van der Waals surface area contributed by atoms with Gasteiger partial charge in [-0.15, -0.1) is 0 Å². The Balaban J connectivity index is 2.71. The van der Waals surface area contributed by atoms with E-state index in [-0.39, 0.29) is 17.9 Å². The van der Waals surface area contributed by atoms with Crippen LogP contribution in [0.2, 0.25) is 0 Å². The Hall–Kier alpha value is -3.30. The number of aromatic nitrogens is 3. The number of pyridine rings is 1. The standard InChI is InChI=1S/C13H13N5O5/c1-14-10(19)7-8-12(18(21)22)11(13(20)23-2)16-17(8)9-5-3-4-6-15-9/h3-6H,7H2,1-2H3,(H,14,19). The number of ether oxygens (including phenoxy) is 1. The minimum Gasteiger partial charge on any atom is -0.464 e. The molecule has 0 radical (unpaired) electrons. The average Bonchev–Trinajstić information content (AvgIpc) is 2.94. The van der Waals surface area contributed by atoms with Gasteiger partial charge in [0, 0.05) is 13.2 Å². The molecule has 0 saturated heterocycles. The van der Waals surface area contributed by atoms with Crippen LogP contribution in [-0.4, -0.2) is 45.7 Å². The molecule has 0 aliphatic carbocycles. The highest BCUT2D eigenvalue weighted by Gasteiger charge is 2.34. The maximum absolute atomic E-state index is 11.8. The van der Waals surface area contributed by atoms with Crippen molar-refractivity contribution in [3.05, 3.63) is 45.9 Å². The van der Waals surface area contributed by atoms with Crippen LogP contribution in [-0.2, 0) is 16.0 Å². The summed E-state index contributed by atoms with van der Waals surface area (Å²) in [7, 11) is 2.49. The van der Waals surface area contributed by atoms with Gasteiger partial charge in [0.2, 0.25) is 11.6 Å². The topological polar surface area (TPSA) is 129 Å². The number of nitro groups is 1. The Labute approximate surface area is 130 Å². The second kappa shape index (κ2) is 6.64. The summed E-state index contributed by atoms with van der Waals surface area (Å²) in [5, 5.41) is 17.7. The van der Waals surface area contributed by atoms with Gasteiger partial charge < -0.3 is 10.1 Å². The summed E-state index contributed by atoms with van der Waals surface area (Å²) in [4.78, 5) is 38.1. The minimum absolute atomic E-state index is 0.0616. The number of likely N-dealkylation sites (N-methyl/N-ethyl adjacent to an activating group) is 1. The normalized spacial score (nSPS) is 10.2. The number of methoxy groups -OCH3 is 1. The summed E-state index contributed by atoms with van der Waals surface area (Å²) in [5.74, 6) is -1.20. The molecule has 0 fully saturated rings. The molecular weight excluding hydrogens is 306 g/mol. The van der Waals surface area contributed by atoms with Crippen LogP contribution in [0.25, 0.3) is 5.82 Å². The van der Waals surface area contributed by atoms with Gasteiger partial charge in [-0.1, -0.05) is 6.07 Å². The Morgan fingerprint density at radius 2 is 2.17 bits per heavy atom. The largest absolute Gasteiger partial charge is 0.464 e. The van der Waals surface area contributed by atoms with Crippen molar-refractivity contribution in [2.24, 2.45) is 0 Å². The smallest absolute Gasteiger partial charge is 0.365 e. The number of hydrogen-bond donors (Lipinski definition) is 1. The van der Waals surface area contributed by atoms with Crippen LogP contribution in [0.15, 0.2) is 24.4 Å². The summed E-state index contributed by atoms with van der Waals surface area (Å²) in [5.41, 5.74) is -1.12. The van der Waals surface area contributed by atoms with Crippen LogP contribution in [0.4, 0.5) is 5.69 Å². The lowest BCUT2D eigenvalue weighted by Gasteiger charge is -2.04. The molecule has 2 heterocycles. The van der Waals surface area contributed by atoms with Crippen LogP contribution < -0.4 is 5.32 Å². The molecule has 120 valence electrons. The van der Waals surface area contributed by atoms with E-state index in [0.29, 0.717) is 0 Å². The third-order valence-corrected chi connectivity index (χ3v) is 2.99. The van der Waals surface area contributed by atoms with E-state index in [9.17, 15) is 19.7 Å². The Morgan fingerprint density at radius 3 is 2.70 bits per heavy atom. The minimum atomic E-state index is -0.968. The molecule has 0 atom stereocenters. The predicted molar refractivity (Wildman–Crippen MR) is 77.1 cm³/mol. The van der Waals surface area contributed by atoms with Crippen molar-refractivity contribution in [2.45, 2.75) is 6.42 Å². The van der Waals surface area contributed by atoms with E-state index >= 15 is 0 Å². The quantitative estimate of drug-likeness (QED) is 0.475. The van der Waals surface area contributed by atoms with Gasteiger partial charge in [-0.25, -0.2) is 14.5 Å². The highest BCUT2D eigenvalue weighted by atomic mass is 16.6. The first-order chi connectivity index (χ1) is 11.0. The van der Waals surface area contributed by atoms with Gasteiger partial charge in [0.1, 0.15) is 5.69 Å². The van der Waals surface area contributed by atoms with Crippen molar-refractivity contribution >= 4 is 17.6 Å². The fourth-order valence-electron chi connectivity index (χ4n) is 1.94. The third kappa shape index (κ3) is 3.15. The van der Waals surface area contributed by atoms with Crippen LogP contribution in [0.3, 0.4) is 0 Å². The van der Waals surface area contributed by atoms with Gasteiger partial charge in [0.15, 0.2) is 5.82 Å². The van der Waals surface area contributed by atoms with E-state index in [1.165, 1.54) is 13.2 Å². The first-order valence-electron chi connectivity index (χ1n) is 6.46. The second-order valence-electron chi connectivity index (χ2n) is 4.34. The maximum atomic E-state index is 11.8. The van der Waals surface area contributed by atoms with Crippen LogP contribution in [0.1, 0.15) is 16.2 Å². The first-order valence-corrected chi connectivity index (χ1v) is 6.46. The number of rotatable bonds is 5. The number of nitrogens with zero attached hydrogens (tertiary/aromatic N) is 4. The van der Waals surface area contributed by atoms with Crippen LogP contribution in [0, 0.1) is 10.1 Å². The lowest BCUT2D eigenvalue weighted by Crippen LogP contribution is -2.22. The van der Waals surface area contributed by atoms with Gasteiger partial charge in [-0.05, 0) is 12.1 Å². The number of carbonyl (C=O) groups excluding carboxylic acids is 2. The molecule has 0 unspecified atom stereocenters. The SMILES string of the molecule is CNC(=O)Cc1c([N+](=O)[O-])c(C(=O)OC)nn1-c1ccccn1. The van der Waals surface area contributed by atoms with Crippen molar-refractivity contribution in [3.8, 4) is 5.82 Å². The number of esters is 1. The molecule has 2 rings (SSSR count). The zero-order valence-electron chi connectivity index (χ0n) is 12.3. The molecule has 1 amide bonds. The van der Waals surface area contributed by atoms with E-state index in [1.54, 1.807) is 18.2 Å². The monoisotopic (exact) mass is 319 g/mol. The fourth-order valence-corrected chi connectivity index (χ4v) is 1.94. The van der Waals surface area contributed by atoms with Crippen molar-refractivity contribution in [3.63, 3.8) is 0 Å². The predicted octanol–water partition coefficient (Wildman–Crippen LogP) is 0.251. The second-order valence-corrected chi connectivity index (χ2v) is 4.34. The summed E-state index contributed by atoms with van der Waals surface area (Å²) >= 11 is 0. The summed E-state index contributed by atoms with van der Waals surface area (Å²) in [6.45, 7) is 0. The van der Waals surface area contributed by atoms with Crippen LogP contribution in [0.5, 0.6) is 0 Å². The van der Waals surface area contributed by atoms with Gasteiger partial charge in [-0.2, -0.15) is 5.10 Å². The summed E-state index contributed by atoms with van der Waals surface area (Å²) < 4.78 is 5.62. The molecule has 23 heavy (non-hydrogen) atoms. The molecule has 0 saturated carbocycles. The van der Waals surface area contributed by atoms with E-state index < -0.39 is 28.2 Å². The third-order valence-electron chi connectivity index (χ3n) is 2.99. The molecule has 0 spiro atoms. The zero-order chi connectivity index (χ0) is 17.0. The Bertz CT molecular complexity index is 756. The fraction of sp³-hybridized carbons (Fsp3) is 0.231. The molecule has 2 aromatic rings. The van der Waals surface area contributed by atoms with Crippen molar-refractivity contribution in [2.75, 3.05) is 14.2 Å². The lowest BCUT2D eigenvalue weighted by molar-refractivity contribution is -0.385. The van der Waals surface area contributed by atoms with Gasteiger partial charge in [-0.3, -0.25) is 14.9 Å². The average molecular weight is 319 g/mol. The molecule has 0 aromatic carbocycles. The van der Waals surface area contributed by atoms with Gasteiger partial charge >= 0.3 is 11.7 Å². The van der Waals surface area contributed by atoms with E-state index in [1.807, 2.05) is 0 Å². The molecular formula is C13H13N5O5. The Morgan fingerprint density at radius 1 is 1.43 bits per heavy atom. The van der Waals surface area contributed by atoms with E-state index in [4.69, 9.17) is 0 Å². The summed E-state index contributed by atoms with van der Waals surface area (Å²) in [6.07, 6.45) is 1.12. The van der Waals surface area contributed by atoms with E-state index in [2.05, 4.69) is 20.1 Å². The van der Waals surface area contributed by atoms with Gasteiger partial charge in [0.05, 0.1) is 18.5 Å². The number of hydrogen-bond acceptors (Lipinski definition) is 7. The zero-order valence-corrected chi connectivity index (χ0v) is 12.3. The molecule has 0 bridgehead atoms. The van der Waals surface area contributed by atoms with Crippen molar-refractivity contribution in [1.82, 2.24) is 20.1 Å². The van der Waals surface area contributed by atoms with Crippen molar-refractivity contribution < 1.29 is 19.2 Å². The highest BCUT2D eigenvalue weighted by Crippen LogP contribution is 2.27. The summed E-state index contributed by atoms with van der Waals surface area (Å²) in [6, 6.07) is 4.85. The molecule has 2 aromatic heterocycles. The van der Waals surface area contributed by atoms with Crippen molar-refractivity contribution in [1.29, 1.82) is 0 Å². The molecule has 1 N–H and O–H groups in total. The molecule has 0 aliphatic rings. The maximum Gasteiger partial charge on any atom is 0.365 e. The molecule has 10 nitrogen and oxygen atoms in total. The first kappa shape index (κ1) is 16.1.